The van der Waals surface area contributed by atoms with Crippen LogP contribution in [0.3, 0.4) is 0 Å². The molecule has 116 valence electrons. The van der Waals surface area contributed by atoms with Gasteiger partial charge in [-0.15, -0.1) is 0 Å². The molecule has 1 aromatic carbocycles. The van der Waals surface area contributed by atoms with Crippen LogP contribution < -0.4 is 15.4 Å². The number of carbonyl (C=O) groups is 1. The summed E-state index contributed by atoms with van der Waals surface area (Å²) in [5.74, 6) is 1.56. The van der Waals surface area contributed by atoms with Gasteiger partial charge in [0, 0.05) is 17.3 Å². The molecule has 0 fully saturated rings. The summed E-state index contributed by atoms with van der Waals surface area (Å²) in [6.45, 7) is 8.09. The van der Waals surface area contributed by atoms with Gasteiger partial charge in [0.1, 0.15) is 11.8 Å². The third kappa shape index (κ3) is 4.21. The maximum Gasteiger partial charge on any atom is 0.246 e. The predicted octanol–water partition coefficient (Wildman–Crippen LogP) is 3.49. The Morgan fingerprint density at radius 2 is 2.19 bits per heavy atom. The number of benzene rings is 1. The highest BCUT2D eigenvalue weighted by Gasteiger charge is 2.29. The first-order valence-corrected chi connectivity index (χ1v) is 7.92. The number of hydrogen-bond donors (Lipinski definition) is 2. The van der Waals surface area contributed by atoms with Gasteiger partial charge < -0.3 is 15.4 Å². The average Bonchev–Trinajstić information content (AvgIpc) is 2.76. The second-order valence-electron chi connectivity index (χ2n) is 6.01. The minimum Gasteiger partial charge on any atom is -0.494 e. The number of hydrogen-bond acceptors (Lipinski definition) is 3. The van der Waals surface area contributed by atoms with Crippen LogP contribution >= 0.6 is 0 Å². The molecule has 0 aromatic heterocycles. The molecule has 0 radical (unpaired) electrons. The van der Waals surface area contributed by atoms with E-state index in [0.717, 1.165) is 43.0 Å². The molecule has 1 aliphatic rings. The lowest BCUT2D eigenvalue weighted by Gasteiger charge is -2.11. The smallest absolute Gasteiger partial charge is 0.246 e. The Balaban J connectivity index is 1.94. The summed E-state index contributed by atoms with van der Waals surface area (Å²) >= 11 is 0. The van der Waals surface area contributed by atoms with Crippen molar-refractivity contribution in [3.63, 3.8) is 0 Å². The van der Waals surface area contributed by atoms with E-state index in [1.165, 1.54) is 6.42 Å². The van der Waals surface area contributed by atoms with Crippen LogP contribution in [0.15, 0.2) is 18.2 Å². The standard InChI is InChI=1S/C17H26N2O2/c1-4-9-18-16-14-8-7-13(11-15(14)19-17(16)20)21-10-5-6-12(2)3/h7-8,11-12,16,18H,4-6,9-10H2,1-3H3,(H,19,20). The number of rotatable bonds is 8. The predicted molar refractivity (Wildman–Crippen MR) is 85.7 cm³/mol. The molecule has 0 spiro atoms. The Kier molecular flexibility index (Phi) is 5.62. The van der Waals surface area contributed by atoms with Gasteiger partial charge in [0.25, 0.3) is 0 Å². The highest BCUT2D eigenvalue weighted by molar-refractivity contribution is 6.02. The van der Waals surface area contributed by atoms with Crippen LogP contribution in [0.2, 0.25) is 0 Å². The van der Waals surface area contributed by atoms with Crippen molar-refractivity contribution < 1.29 is 9.53 Å². The van der Waals surface area contributed by atoms with Crippen LogP contribution in [0.5, 0.6) is 5.75 Å². The Morgan fingerprint density at radius 3 is 2.90 bits per heavy atom. The van der Waals surface area contributed by atoms with Gasteiger partial charge in [-0.25, -0.2) is 0 Å². The monoisotopic (exact) mass is 290 g/mol. The number of carbonyl (C=O) groups excluding carboxylic acids is 1. The van der Waals surface area contributed by atoms with E-state index in [1.807, 2.05) is 18.2 Å². The lowest BCUT2D eigenvalue weighted by atomic mass is 10.1. The third-order valence-corrected chi connectivity index (χ3v) is 3.65. The maximum absolute atomic E-state index is 12.0. The van der Waals surface area contributed by atoms with Gasteiger partial charge in [0.05, 0.1) is 6.61 Å². The van der Waals surface area contributed by atoms with Gasteiger partial charge in [-0.05, 0) is 37.8 Å². The van der Waals surface area contributed by atoms with Gasteiger partial charge in [-0.3, -0.25) is 4.79 Å². The van der Waals surface area contributed by atoms with Gasteiger partial charge in [-0.1, -0.05) is 26.8 Å². The summed E-state index contributed by atoms with van der Waals surface area (Å²) in [4.78, 5) is 12.0. The first kappa shape index (κ1) is 15.8. The summed E-state index contributed by atoms with van der Waals surface area (Å²) in [5, 5.41) is 6.19. The zero-order valence-electron chi connectivity index (χ0n) is 13.2. The molecule has 4 heteroatoms. The molecule has 2 N–H and O–H groups in total. The van der Waals surface area contributed by atoms with E-state index in [-0.39, 0.29) is 11.9 Å². The van der Waals surface area contributed by atoms with E-state index in [0.29, 0.717) is 5.92 Å². The first-order valence-electron chi connectivity index (χ1n) is 7.92. The second-order valence-corrected chi connectivity index (χ2v) is 6.01. The van der Waals surface area contributed by atoms with E-state index in [1.54, 1.807) is 0 Å². The number of fused-ring (bicyclic) bond motifs is 1. The van der Waals surface area contributed by atoms with Crippen molar-refractivity contribution in [2.75, 3.05) is 18.5 Å². The molecule has 0 saturated heterocycles. The summed E-state index contributed by atoms with van der Waals surface area (Å²) in [7, 11) is 0. The molecule has 1 unspecified atom stereocenters. The minimum atomic E-state index is -0.227. The topological polar surface area (TPSA) is 50.4 Å². The molecule has 2 rings (SSSR count). The van der Waals surface area contributed by atoms with Crippen LogP contribution in [-0.2, 0) is 4.79 Å². The van der Waals surface area contributed by atoms with Crippen molar-refractivity contribution in [3.05, 3.63) is 23.8 Å². The fourth-order valence-corrected chi connectivity index (χ4v) is 2.50. The van der Waals surface area contributed by atoms with E-state index < -0.39 is 0 Å². The number of nitrogens with one attached hydrogen (secondary N) is 2. The Morgan fingerprint density at radius 1 is 1.38 bits per heavy atom. The minimum absolute atomic E-state index is 0.0235. The lowest BCUT2D eigenvalue weighted by molar-refractivity contribution is -0.117. The van der Waals surface area contributed by atoms with Crippen molar-refractivity contribution in [1.82, 2.24) is 5.32 Å². The third-order valence-electron chi connectivity index (χ3n) is 3.65. The lowest BCUT2D eigenvalue weighted by Crippen LogP contribution is -2.27. The summed E-state index contributed by atoms with van der Waals surface area (Å²) in [5.41, 5.74) is 1.89. The van der Waals surface area contributed by atoms with Crippen molar-refractivity contribution in [3.8, 4) is 5.75 Å². The number of amides is 1. The molecule has 1 heterocycles. The maximum atomic E-state index is 12.0. The second kappa shape index (κ2) is 7.46. The largest absolute Gasteiger partial charge is 0.494 e. The first-order chi connectivity index (χ1) is 10.1. The van der Waals surface area contributed by atoms with E-state index in [9.17, 15) is 4.79 Å². The van der Waals surface area contributed by atoms with Gasteiger partial charge >= 0.3 is 0 Å². The van der Waals surface area contributed by atoms with Crippen LogP contribution in [0.25, 0.3) is 0 Å². The zero-order chi connectivity index (χ0) is 15.2. The number of anilines is 1. The van der Waals surface area contributed by atoms with E-state index in [4.69, 9.17) is 4.74 Å². The van der Waals surface area contributed by atoms with Crippen LogP contribution in [-0.4, -0.2) is 19.1 Å². The summed E-state index contributed by atoms with van der Waals surface area (Å²) in [6.07, 6.45) is 3.24. The van der Waals surface area contributed by atoms with Crippen LogP contribution in [0, 0.1) is 5.92 Å². The molecule has 0 bridgehead atoms. The summed E-state index contributed by atoms with van der Waals surface area (Å²) in [6, 6.07) is 5.64. The molecule has 1 aromatic rings. The van der Waals surface area contributed by atoms with Crippen molar-refractivity contribution in [2.24, 2.45) is 5.92 Å². The highest BCUT2D eigenvalue weighted by Crippen LogP contribution is 2.33. The van der Waals surface area contributed by atoms with Crippen LogP contribution in [0.4, 0.5) is 5.69 Å². The number of ether oxygens (including phenoxy) is 1. The molecular formula is C17H26N2O2. The van der Waals surface area contributed by atoms with Gasteiger partial charge in [-0.2, -0.15) is 0 Å². The highest BCUT2D eigenvalue weighted by atomic mass is 16.5. The van der Waals surface area contributed by atoms with Crippen molar-refractivity contribution >= 4 is 11.6 Å². The normalized spacial score (nSPS) is 17.0. The molecule has 0 aliphatic carbocycles. The van der Waals surface area contributed by atoms with Crippen molar-refractivity contribution in [1.29, 1.82) is 0 Å². The molecule has 1 atom stereocenters. The molecule has 4 nitrogen and oxygen atoms in total. The molecule has 1 aliphatic heterocycles. The quantitative estimate of drug-likeness (QED) is 0.721. The SMILES string of the molecule is CCCNC1C(=O)Nc2cc(OCCCC(C)C)ccc21. The fourth-order valence-electron chi connectivity index (χ4n) is 2.50. The molecule has 21 heavy (non-hydrogen) atoms. The molecule has 0 saturated carbocycles. The molecule has 1 amide bonds. The molecular weight excluding hydrogens is 264 g/mol. The fraction of sp³-hybridized carbons (Fsp3) is 0.588. The van der Waals surface area contributed by atoms with Crippen molar-refractivity contribution in [2.45, 2.75) is 46.1 Å². The zero-order valence-corrected chi connectivity index (χ0v) is 13.2. The van der Waals surface area contributed by atoms with Gasteiger partial charge in [0.15, 0.2) is 0 Å². The summed E-state index contributed by atoms with van der Waals surface area (Å²) < 4.78 is 5.76. The Hall–Kier alpha value is -1.55. The van der Waals surface area contributed by atoms with E-state index >= 15 is 0 Å². The average molecular weight is 290 g/mol. The van der Waals surface area contributed by atoms with Gasteiger partial charge in [0.2, 0.25) is 5.91 Å². The Bertz CT molecular complexity index is 486. The van der Waals surface area contributed by atoms with Crippen LogP contribution in [0.1, 0.15) is 51.6 Å². The van der Waals surface area contributed by atoms with E-state index in [2.05, 4.69) is 31.4 Å². The Labute approximate surface area is 127 Å².